The fraction of sp³-hybridized carbons (Fsp3) is 0.421. The van der Waals surface area contributed by atoms with E-state index >= 15 is 0 Å². The van der Waals surface area contributed by atoms with Crippen molar-refractivity contribution in [3.8, 4) is 5.75 Å². The van der Waals surface area contributed by atoms with Gasteiger partial charge in [0.1, 0.15) is 10.8 Å². The quantitative estimate of drug-likeness (QED) is 0.670. The third-order valence-corrected chi connectivity index (χ3v) is 5.87. The average molecular weight is 385 g/mol. The first-order valence-electron chi connectivity index (χ1n) is 9.16. The van der Waals surface area contributed by atoms with Crippen molar-refractivity contribution < 1.29 is 4.74 Å². The van der Waals surface area contributed by atoms with Crippen LogP contribution in [-0.4, -0.2) is 52.8 Å². The zero-order valence-electron chi connectivity index (χ0n) is 15.6. The maximum absolute atomic E-state index is 12.3. The molecule has 1 aromatic carbocycles. The van der Waals surface area contributed by atoms with Crippen LogP contribution >= 0.6 is 11.3 Å². The fourth-order valence-electron chi connectivity index (χ4n) is 3.32. The van der Waals surface area contributed by atoms with E-state index in [0.717, 1.165) is 49.1 Å². The van der Waals surface area contributed by atoms with Gasteiger partial charge in [-0.1, -0.05) is 24.3 Å². The minimum absolute atomic E-state index is 0.0963. The molecule has 0 unspecified atom stereocenters. The molecule has 142 valence electrons. The summed E-state index contributed by atoms with van der Waals surface area (Å²) in [7, 11) is 1.69. The molecule has 27 heavy (non-hydrogen) atoms. The lowest BCUT2D eigenvalue weighted by Gasteiger charge is -2.36. The molecule has 1 aliphatic heterocycles. The van der Waals surface area contributed by atoms with Gasteiger partial charge >= 0.3 is 0 Å². The third-order valence-electron chi connectivity index (χ3n) is 4.82. The summed E-state index contributed by atoms with van der Waals surface area (Å²) in [6.07, 6.45) is 0.815. The number of fused-ring (bicyclic) bond motifs is 1. The summed E-state index contributed by atoms with van der Waals surface area (Å²) in [4.78, 5) is 22.3. The highest BCUT2D eigenvalue weighted by Gasteiger charge is 2.19. The van der Waals surface area contributed by atoms with Crippen LogP contribution in [0.3, 0.4) is 0 Å². The van der Waals surface area contributed by atoms with Gasteiger partial charge in [0.05, 0.1) is 12.8 Å². The van der Waals surface area contributed by atoms with Gasteiger partial charge in [0.15, 0.2) is 0 Å². The molecule has 0 amide bonds. The SMILES string of the molecule is CCc1nn2c(=O)cc(CN3CCN(c4cccc(OC)c4)CC3)nc2s1. The summed E-state index contributed by atoms with van der Waals surface area (Å²) in [5, 5.41) is 5.24. The molecule has 1 aliphatic rings. The minimum Gasteiger partial charge on any atom is -0.497 e. The van der Waals surface area contributed by atoms with Gasteiger partial charge in [-0.2, -0.15) is 9.61 Å². The van der Waals surface area contributed by atoms with Gasteiger partial charge in [0.25, 0.3) is 5.56 Å². The van der Waals surface area contributed by atoms with Crippen molar-refractivity contribution in [2.75, 3.05) is 38.2 Å². The molecule has 0 radical (unpaired) electrons. The molecule has 7 nitrogen and oxygen atoms in total. The second kappa shape index (κ2) is 7.66. The van der Waals surface area contributed by atoms with Crippen LogP contribution in [0.15, 0.2) is 35.1 Å². The number of aryl methyl sites for hydroxylation is 1. The van der Waals surface area contributed by atoms with Crippen LogP contribution < -0.4 is 15.2 Å². The fourth-order valence-corrected chi connectivity index (χ4v) is 4.18. The maximum Gasteiger partial charge on any atom is 0.275 e. The largest absolute Gasteiger partial charge is 0.497 e. The second-order valence-electron chi connectivity index (χ2n) is 6.59. The molecule has 3 aromatic rings. The van der Waals surface area contributed by atoms with Gasteiger partial charge in [0.2, 0.25) is 4.96 Å². The molecule has 0 saturated carbocycles. The monoisotopic (exact) mass is 385 g/mol. The second-order valence-corrected chi connectivity index (χ2v) is 7.63. The number of anilines is 1. The van der Waals surface area contributed by atoms with E-state index in [-0.39, 0.29) is 5.56 Å². The Labute approximate surface area is 161 Å². The topological polar surface area (TPSA) is 63.0 Å². The molecule has 1 saturated heterocycles. The Morgan fingerprint density at radius 3 is 2.74 bits per heavy atom. The zero-order valence-corrected chi connectivity index (χ0v) is 16.4. The number of ether oxygens (including phenoxy) is 1. The molecular formula is C19H23N5O2S. The Bertz CT molecular complexity index is 991. The molecular weight excluding hydrogens is 362 g/mol. The number of rotatable bonds is 5. The molecule has 0 aliphatic carbocycles. The smallest absolute Gasteiger partial charge is 0.275 e. The first kappa shape index (κ1) is 17.9. The highest BCUT2D eigenvalue weighted by Crippen LogP contribution is 2.22. The predicted octanol–water partition coefficient (Wildman–Crippen LogP) is 2.04. The van der Waals surface area contributed by atoms with Crippen molar-refractivity contribution in [3.05, 3.63) is 51.4 Å². The first-order valence-corrected chi connectivity index (χ1v) is 9.98. The standard InChI is InChI=1S/C19H23N5O2S/c1-3-17-21-24-18(25)11-14(20-19(24)27-17)13-22-7-9-23(10-8-22)15-5-4-6-16(12-15)26-2/h4-6,11-12H,3,7-10,13H2,1-2H3. The molecule has 3 heterocycles. The zero-order chi connectivity index (χ0) is 18.8. The van der Waals surface area contributed by atoms with Gasteiger partial charge in [-0.25, -0.2) is 4.98 Å². The van der Waals surface area contributed by atoms with Crippen LogP contribution in [0.4, 0.5) is 5.69 Å². The summed E-state index contributed by atoms with van der Waals surface area (Å²) >= 11 is 1.49. The number of hydrogen-bond donors (Lipinski definition) is 0. The lowest BCUT2D eigenvalue weighted by Crippen LogP contribution is -2.46. The normalized spacial score (nSPS) is 15.4. The number of hydrogen-bond acceptors (Lipinski definition) is 7. The van der Waals surface area contributed by atoms with Gasteiger partial charge in [-0.3, -0.25) is 9.69 Å². The first-order chi connectivity index (χ1) is 13.2. The molecule has 1 fully saturated rings. The summed E-state index contributed by atoms with van der Waals surface area (Å²) < 4.78 is 6.73. The summed E-state index contributed by atoms with van der Waals surface area (Å²) in [6, 6.07) is 9.78. The number of aromatic nitrogens is 3. The van der Waals surface area contributed by atoms with E-state index in [4.69, 9.17) is 4.74 Å². The maximum atomic E-state index is 12.3. The Balaban J connectivity index is 1.43. The van der Waals surface area contributed by atoms with Crippen molar-refractivity contribution in [3.63, 3.8) is 0 Å². The molecule has 0 bridgehead atoms. The van der Waals surface area contributed by atoms with E-state index in [1.54, 1.807) is 13.2 Å². The Hall–Kier alpha value is -2.45. The highest BCUT2D eigenvalue weighted by atomic mass is 32.1. The van der Waals surface area contributed by atoms with Gasteiger partial charge in [0, 0.05) is 50.5 Å². The lowest BCUT2D eigenvalue weighted by atomic mass is 10.2. The number of benzene rings is 1. The minimum atomic E-state index is -0.0963. The number of piperazine rings is 1. The Kier molecular flexibility index (Phi) is 5.09. The van der Waals surface area contributed by atoms with E-state index in [2.05, 4.69) is 32.0 Å². The Morgan fingerprint density at radius 1 is 1.19 bits per heavy atom. The summed E-state index contributed by atoms with van der Waals surface area (Å²) in [5.41, 5.74) is 1.91. The number of nitrogens with zero attached hydrogens (tertiary/aromatic N) is 5. The van der Waals surface area contributed by atoms with E-state index in [9.17, 15) is 4.79 Å². The van der Waals surface area contributed by atoms with Crippen molar-refractivity contribution in [1.82, 2.24) is 19.5 Å². The van der Waals surface area contributed by atoms with E-state index in [0.29, 0.717) is 11.5 Å². The summed E-state index contributed by atoms with van der Waals surface area (Å²) in [6.45, 7) is 6.47. The van der Waals surface area contributed by atoms with Crippen molar-refractivity contribution in [2.24, 2.45) is 0 Å². The van der Waals surface area contributed by atoms with Crippen LogP contribution in [0.25, 0.3) is 4.96 Å². The van der Waals surface area contributed by atoms with Gasteiger partial charge in [-0.05, 0) is 18.6 Å². The average Bonchev–Trinajstić information content (AvgIpc) is 3.12. The van der Waals surface area contributed by atoms with Crippen LogP contribution in [-0.2, 0) is 13.0 Å². The highest BCUT2D eigenvalue weighted by molar-refractivity contribution is 7.16. The molecule has 2 aromatic heterocycles. The van der Waals surface area contributed by atoms with Gasteiger partial charge < -0.3 is 9.64 Å². The molecule has 8 heteroatoms. The number of methoxy groups -OCH3 is 1. The summed E-state index contributed by atoms with van der Waals surface area (Å²) in [5.74, 6) is 0.879. The molecule has 0 spiro atoms. The van der Waals surface area contributed by atoms with Crippen molar-refractivity contribution in [1.29, 1.82) is 0 Å². The molecule has 4 rings (SSSR count). The van der Waals surface area contributed by atoms with Crippen LogP contribution in [0.2, 0.25) is 0 Å². The molecule has 0 N–H and O–H groups in total. The lowest BCUT2D eigenvalue weighted by molar-refractivity contribution is 0.247. The van der Waals surface area contributed by atoms with Gasteiger partial charge in [-0.15, -0.1) is 0 Å². The molecule has 0 atom stereocenters. The predicted molar refractivity (Wildman–Crippen MR) is 107 cm³/mol. The van der Waals surface area contributed by atoms with Crippen LogP contribution in [0.1, 0.15) is 17.6 Å². The van der Waals surface area contributed by atoms with E-state index in [1.165, 1.54) is 21.5 Å². The van der Waals surface area contributed by atoms with Crippen molar-refractivity contribution in [2.45, 2.75) is 19.9 Å². The van der Waals surface area contributed by atoms with Crippen molar-refractivity contribution >= 4 is 22.0 Å². The van der Waals surface area contributed by atoms with Crippen LogP contribution in [0.5, 0.6) is 5.75 Å². The van der Waals surface area contributed by atoms with E-state index < -0.39 is 0 Å². The van der Waals surface area contributed by atoms with E-state index in [1.807, 2.05) is 19.1 Å². The Morgan fingerprint density at radius 2 is 2.00 bits per heavy atom. The van der Waals surface area contributed by atoms with Crippen LogP contribution in [0, 0.1) is 0 Å². The third kappa shape index (κ3) is 3.81.